The zero-order valence-electron chi connectivity index (χ0n) is 9.17. The van der Waals surface area contributed by atoms with Crippen LogP contribution in [0.4, 0.5) is 0 Å². The maximum atomic E-state index is 10.8. The summed E-state index contributed by atoms with van der Waals surface area (Å²) >= 11 is 0. The molecular formula is C11H18O2Si. The average Bonchev–Trinajstić information content (AvgIpc) is 2.70. The van der Waals surface area contributed by atoms with Crippen LogP contribution in [0.1, 0.15) is 31.1 Å². The third-order valence-electron chi connectivity index (χ3n) is 3.33. The Balaban J connectivity index is 3.16. The number of hydrogen-bond donors (Lipinski definition) is 0. The Morgan fingerprint density at radius 1 is 1.29 bits per heavy atom. The topological polar surface area (TPSA) is 30.2 Å². The van der Waals surface area contributed by atoms with Crippen LogP contribution >= 0.6 is 0 Å². The molecule has 0 saturated heterocycles. The van der Waals surface area contributed by atoms with E-state index in [4.69, 9.17) is 4.42 Å². The van der Waals surface area contributed by atoms with Crippen molar-refractivity contribution >= 4 is 19.7 Å². The Hall–Kier alpha value is -0.833. The number of hydrogen-bond acceptors (Lipinski definition) is 2. The summed E-state index contributed by atoms with van der Waals surface area (Å²) in [4.78, 5) is 10.8. The van der Waals surface area contributed by atoms with E-state index in [1.54, 1.807) is 12.3 Å². The van der Waals surface area contributed by atoms with Gasteiger partial charge in [-0.2, -0.15) is 0 Å². The second kappa shape index (κ2) is 4.60. The van der Waals surface area contributed by atoms with Gasteiger partial charge in [0.05, 0.1) is 17.2 Å². The Morgan fingerprint density at radius 3 is 2.29 bits per heavy atom. The molecule has 0 radical (unpaired) electrons. The monoisotopic (exact) mass is 210 g/mol. The summed E-state index contributed by atoms with van der Waals surface area (Å²) in [5, 5.41) is 1.00. The van der Waals surface area contributed by atoms with Crippen LogP contribution in [0.3, 0.4) is 0 Å². The molecule has 1 heterocycles. The standard InChI is InChI=1S/C11H18O2Si/c1-4-14(5-2,6-3)11-10(9-12)7-8-13-11/h7-9H,4-6H2,1-3H3. The van der Waals surface area contributed by atoms with Crippen molar-refractivity contribution in [3.8, 4) is 0 Å². The molecule has 2 nitrogen and oxygen atoms in total. The van der Waals surface area contributed by atoms with Crippen LogP contribution < -0.4 is 5.38 Å². The molecule has 0 aliphatic carbocycles. The lowest BCUT2D eigenvalue weighted by Crippen LogP contribution is -2.46. The molecule has 0 aliphatic rings. The van der Waals surface area contributed by atoms with E-state index in [1.165, 1.54) is 0 Å². The highest BCUT2D eigenvalue weighted by Crippen LogP contribution is 2.21. The summed E-state index contributed by atoms with van der Waals surface area (Å²) in [5.41, 5.74) is 0.766. The predicted octanol–water partition coefficient (Wildman–Crippen LogP) is 2.81. The Labute approximate surface area is 86.3 Å². The highest BCUT2D eigenvalue weighted by atomic mass is 28.3. The van der Waals surface area contributed by atoms with Crippen LogP contribution in [0.15, 0.2) is 16.7 Å². The van der Waals surface area contributed by atoms with Gasteiger partial charge in [0.1, 0.15) is 8.07 Å². The average molecular weight is 210 g/mol. The minimum absolute atomic E-state index is 0.766. The Kier molecular flexibility index (Phi) is 3.69. The van der Waals surface area contributed by atoms with Crippen molar-refractivity contribution in [1.29, 1.82) is 0 Å². The van der Waals surface area contributed by atoms with E-state index >= 15 is 0 Å². The van der Waals surface area contributed by atoms with Crippen LogP contribution in [0.25, 0.3) is 0 Å². The largest absolute Gasteiger partial charge is 0.474 e. The van der Waals surface area contributed by atoms with Gasteiger partial charge in [0.25, 0.3) is 0 Å². The molecule has 0 saturated carbocycles. The minimum Gasteiger partial charge on any atom is -0.474 e. The summed E-state index contributed by atoms with van der Waals surface area (Å²) in [5.74, 6) is 0. The van der Waals surface area contributed by atoms with Gasteiger partial charge >= 0.3 is 0 Å². The quantitative estimate of drug-likeness (QED) is 0.552. The first-order valence-corrected chi connectivity index (χ1v) is 7.89. The lowest BCUT2D eigenvalue weighted by atomic mass is 10.4. The number of aldehydes is 1. The molecule has 0 aromatic carbocycles. The Bertz CT molecular complexity index is 292. The van der Waals surface area contributed by atoms with Crippen LogP contribution in [-0.4, -0.2) is 14.4 Å². The predicted molar refractivity (Wildman–Crippen MR) is 60.9 cm³/mol. The molecule has 1 aromatic rings. The zero-order chi connectivity index (χ0) is 10.6. The number of carbonyl (C=O) groups is 1. The fourth-order valence-corrected chi connectivity index (χ4v) is 5.61. The van der Waals surface area contributed by atoms with Gasteiger partial charge in [-0.1, -0.05) is 38.9 Å². The molecule has 0 N–H and O–H groups in total. The van der Waals surface area contributed by atoms with Crippen molar-refractivity contribution in [3.63, 3.8) is 0 Å². The molecule has 78 valence electrons. The van der Waals surface area contributed by atoms with Gasteiger partial charge in [-0.25, -0.2) is 0 Å². The first kappa shape index (κ1) is 11.2. The van der Waals surface area contributed by atoms with E-state index in [-0.39, 0.29) is 0 Å². The van der Waals surface area contributed by atoms with Crippen LogP contribution in [0.5, 0.6) is 0 Å². The molecule has 1 aromatic heterocycles. The van der Waals surface area contributed by atoms with Gasteiger partial charge in [-0.05, 0) is 6.07 Å². The third-order valence-corrected chi connectivity index (χ3v) is 8.77. The summed E-state index contributed by atoms with van der Waals surface area (Å²) < 4.78 is 5.52. The van der Waals surface area contributed by atoms with Gasteiger partial charge in [0, 0.05) is 0 Å². The number of rotatable bonds is 5. The maximum Gasteiger partial charge on any atom is 0.153 e. The lowest BCUT2D eigenvalue weighted by Gasteiger charge is -2.25. The summed E-state index contributed by atoms with van der Waals surface area (Å²) in [7, 11) is -1.50. The van der Waals surface area contributed by atoms with E-state index in [1.807, 2.05) is 0 Å². The first-order valence-electron chi connectivity index (χ1n) is 5.27. The highest BCUT2D eigenvalue weighted by molar-refractivity contribution is 6.91. The summed E-state index contributed by atoms with van der Waals surface area (Å²) in [6, 6.07) is 5.22. The first-order chi connectivity index (χ1) is 6.74. The van der Waals surface area contributed by atoms with Crippen LogP contribution in [-0.2, 0) is 0 Å². The molecule has 0 spiro atoms. The van der Waals surface area contributed by atoms with Gasteiger partial charge in [-0.15, -0.1) is 0 Å². The highest BCUT2D eigenvalue weighted by Gasteiger charge is 2.34. The van der Waals surface area contributed by atoms with Gasteiger partial charge in [-0.3, -0.25) is 4.79 Å². The molecule has 0 amide bonds. The van der Waals surface area contributed by atoms with Crippen molar-refractivity contribution in [2.24, 2.45) is 0 Å². The summed E-state index contributed by atoms with van der Waals surface area (Å²) in [6.07, 6.45) is 2.56. The number of furan rings is 1. The Morgan fingerprint density at radius 2 is 1.86 bits per heavy atom. The van der Waals surface area contributed by atoms with E-state index in [0.29, 0.717) is 0 Å². The molecule has 14 heavy (non-hydrogen) atoms. The fourth-order valence-electron chi connectivity index (χ4n) is 2.07. The fraction of sp³-hybridized carbons (Fsp3) is 0.545. The molecule has 0 fully saturated rings. The van der Waals surface area contributed by atoms with E-state index < -0.39 is 8.07 Å². The SMILES string of the molecule is CC[Si](CC)(CC)c1occc1C=O. The van der Waals surface area contributed by atoms with Crippen molar-refractivity contribution in [2.45, 2.75) is 38.9 Å². The molecule has 0 unspecified atom stereocenters. The van der Waals surface area contributed by atoms with Gasteiger partial charge in [0.2, 0.25) is 0 Å². The molecule has 3 heteroatoms. The zero-order valence-corrected chi connectivity index (χ0v) is 10.2. The van der Waals surface area contributed by atoms with E-state index in [0.717, 1.165) is 35.4 Å². The lowest BCUT2D eigenvalue weighted by molar-refractivity contribution is 0.112. The number of carbonyl (C=O) groups excluding carboxylic acids is 1. The second-order valence-electron chi connectivity index (χ2n) is 3.66. The smallest absolute Gasteiger partial charge is 0.153 e. The van der Waals surface area contributed by atoms with E-state index in [2.05, 4.69) is 20.8 Å². The molecule has 0 aliphatic heterocycles. The van der Waals surface area contributed by atoms with Gasteiger partial charge in [0.15, 0.2) is 6.29 Å². The van der Waals surface area contributed by atoms with Crippen molar-refractivity contribution in [3.05, 3.63) is 17.9 Å². The van der Waals surface area contributed by atoms with Crippen LogP contribution in [0, 0.1) is 0 Å². The summed E-state index contributed by atoms with van der Waals surface area (Å²) in [6.45, 7) is 6.61. The molecule has 0 bridgehead atoms. The van der Waals surface area contributed by atoms with Gasteiger partial charge < -0.3 is 4.42 Å². The van der Waals surface area contributed by atoms with E-state index in [9.17, 15) is 4.79 Å². The third kappa shape index (κ3) is 1.69. The molecular weight excluding hydrogens is 192 g/mol. The maximum absolute atomic E-state index is 10.8. The molecule has 0 atom stereocenters. The molecule has 1 rings (SSSR count). The normalized spacial score (nSPS) is 11.6. The van der Waals surface area contributed by atoms with Crippen molar-refractivity contribution in [1.82, 2.24) is 0 Å². The van der Waals surface area contributed by atoms with Crippen molar-refractivity contribution in [2.75, 3.05) is 0 Å². The van der Waals surface area contributed by atoms with Crippen molar-refractivity contribution < 1.29 is 9.21 Å². The minimum atomic E-state index is -1.50. The van der Waals surface area contributed by atoms with Crippen LogP contribution in [0.2, 0.25) is 18.1 Å². The second-order valence-corrected chi connectivity index (χ2v) is 8.80.